The first-order chi connectivity index (χ1) is 20.4. The molecule has 0 aliphatic carbocycles. The van der Waals surface area contributed by atoms with Gasteiger partial charge in [-0.05, 0) is 47.0 Å². The summed E-state index contributed by atoms with van der Waals surface area (Å²) in [6.45, 7) is 0.357. The van der Waals surface area contributed by atoms with Crippen LogP contribution in [-0.4, -0.2) is 23.7 Å². The normalized spacial score (nSPS) is 10.8. The Kier molecular flexibility index (Phi) is 8.82. The van der Waals surface area contributed by atoms with Gasteiger partial charge in [-0.2, -0.15) is 0 Å². The average molecular weight is 568 g/mol. The number of hydrogen-bond donors (Lipinski definition) is 0. The Morgan fingerprint density at radius 1 is 0.762 bits per heavy atom. The van der Waals surface area contributed by atoms with Crippen molar-refractivity contribution in [1.82, 2.24) is 4.98 Å². The number of rotatable bonds is 12. The predicted molar refractivity (Wildman–Crippen MR) is 154 cm³/mol. The summed E-state index contributed by atoms with van der Waals surface area (Å²) in [5.74, 6) is -0.0815. The van der Waals surface area contributed by atoms with E-state index in [9.17, 15) is 18.4 Å². The molecule has 0 aliphatic rings. The second-order valence-corrected chi connectivity index (χ2v) is 9.69. The number of ether oxygens (including phenoxy) is 3. The maximum absolute atomic E-state index is 14.9. The topological polar surface area (TPSA) is 74.7 Å². The molecule has 4 aromatic carbocycles. The standard InChI is InChI=1S/C34H27F2NO5/c1-40-33-19-29-31(20-34(33)41-21-23-5-3-2-4-6-23)37-14-13-32(29)42-28-12-9-24(30(36)18-28)16-27(39)17-26(38)15-22-7-10-25(35)11-8-22/h2-14,18-20H,15-17,21H2,1H3. The lowest BCUT2D eigenvalue weighted by atomic mass is 10.0. The second-order valence-electron chi connectivity index (χ2n) is 9.69. The van der Waals surface area contributed by atoms with Gasteiger partial charge in [-0.15, -0.1) is 0 Å². The van der Waals surface area contributed by atoms with Crippen molar-refractivity contribution in [2.75, 3.05) is 7.11 Å². The molecule has 0 N–H and O–H groups in total. The van der Waals surface area contributed by atoms with E-state index in [-0.39, 0.29) is 36.4 Å². The highest BCUT2D eigenvalue weighted by Gasteiger charge is 2.16. The van der Waals surface area contributed by atoms with Crippen molar-refractivity contribution in [3.63, 3.8) is 0 Å². The number of methoxy groups -OCH3 is 1. The average Bonchev–Trinajstić information content (AvgIpc) is 2.99. The van der Waals surface area contributed by atoms with Gasteiger partial charge in [0.2, 0.25) is 0 Å². The summed E-state index contributed by atoms with van der Waals surface area (Å²) in [4.78, 5) is 29.1. The van der Waals surface area contributed by atoms with Gasteiger partial charge in [-0.25, -0.2) is 8.78 Å². The minimum absolute atomic E-state index is 0.00655. The fourth-order valence-corrected chi connectivity index (χ4v) is 4.47. The lowest BCUT2D eigenvalue weighted by molar-refractivity contribution is -0.126. The maximum atomic E-state index is 14.9. The van der Waals surface area contributed by atoms with Crippen LogP contribution in [0.25, 0.3) is 10.9 Å². The Balaban J connectivity index is 1.25. The van der Waals surface area contributed by atoms with Gasteiger partial charge in [-0.1, -0.05) is 48.5 Å². The number of carbonyl (C=O) groups is 2. The third-order valence-electron chi connectivity index (χ3n) is 6.57. The van der Waals surface area contributed by atoms with Gasteiger partial charge >= 0.3 is 0 Å². The van der Waals surface area contributed by atoms with E-state index in [4.69, 9.17) is 14.2 Å². The monoisotopic (exact) mass is 567 g/mol. The van der Waals surface area contributed by atoms with Crippen molar-refractivity contribution >= 4 is 22.5 Å². The zero-order valence-corrected chi connectivity index (χ0v) is 22.8. The van der Waals surface area contributed by atoms with Gasteiger partial charge in [0.25, 0.3) is 0 Å². The molecular formula is C34H27F2NO5. The summed E-state index contributed by atoms with van der Waals surface area (Å²) in [6.07, 6.45) is 1.02. The van der Waals surface area contributed by atoms with Gasteiger partial charge in [-0.3, -0.25) is 14.6 Å². The van der Waals surface area contributed by atoms with Crippen LogP contribution in [0.3, 0.4) is 0 Å². The molecule has 0 saturated heterocycles. The first-order valence-electron chi connectivity index (χ1n) is 13.3. The minimum atomic E-state index is -0.626. The molecule has 42 heavy (non-hydrogen) atoms. The molecule has 1 heterocycles. The van der Waals surface area contributed by atoms with Crippen molar-refractivity contribution in [2.45, 2.75) is 25.9 Å². The van der Waals surface area contributed by atoms with E-state index in [1.54, 1.807) is 37.6 Å². The second kappa shape index (κ2) is 13.0. The molecule has 0 unspecified atom stereocenters. The number of nitrogens with zero attached hydrogens (tertiary/aromatic N) is 1. The highest BCUT2D eigenvalue weighted by molar-refractivity contribution is 6.00. The Bertz CT molecular complexity index is 1720. The van der Waals surface area contributed by atoms with Crippen LogP contribution < -0.4 is 14.2 Å². The lowest BCUT2D eigenvalue weighted by Gasteiger charge is -2.14. The van der Waals surface area contributed by atoms with Crippen LogP contribution in [0.1, 0.15) is 23.1 Å². The maximum Gasteiger partial charge on any atom is 0.163 e. The number of fused-ring (bicyclic) bond motifs is 1. The van der Waals surface area contributed by atoms with E-state index >= 15 is 0 Å². The quantitative estimate of drug-likeness (QED) is 0.148. The van der Waals surface area contributed by atoms with E-state index in [1.165, 1.54) is 36.4 Å². The van der Waals surface area contributed by atoms with Crippen LogP contribution >= 0.6 is 0 Å². The zero-order chi connectivity index (χ0) is 29.5. The number of ketones is 2. The Labute approximate surface area is 241 Å². The Hall–Kier alpha value is -5.11. The molecule has 6 nitrogen and oxygen atoms in total. The van der Waals surface area contributed by atoms with E-state index in [0.29, 0.717) is 40.3 Å². The molecule has 5 rings (SSSR count). The third kappa shape index (κ3) is 7.14. The molecule has 8 heteroatoms. The SMILES string of the molecule is COc1cc2c(Oc3ccc(CC(=O)CC(=O)Cc4ccc(F)cc4)c(F)c3)ccnc2cc1OCc1ccccc1. The summed E-state index contributed by atoms with van der Waals surface area (Å²) in [5, 5.41) is 0.640. The molecule has 0 fully saturated rings. The van der Waals surface area contributed by atoms with Crippen LogP contribution in [0.2, 0.25) is 0 Å². The van der Waals surface area contributed by atoms with Gasteiger partial charge in [0.15, 0.2) is 11.5 Å². The largest absolute Gasteiger partial charge is 0.493 e. The number of Topliss-reactive ketones (excluding diaryl/α,β-unsaturated/α-hetero) is 2. The summed E-state index contributed by atoms with van der Waals surface area (Å²) in [7, 11) is 1.54. The zero-order valence-electron chi connectivity index (χ0n) is 22.8. The van der Waals surface area contributed by atoms with Crippen LogP contribution in [0.5, 0.6) is 23.0 Å². The van der Waals surface area contributed by atoms with Gasteiger partial charge in [0.05, 0.1) is 19.0 Å². The van der Waals surface area contributed by atoms with Crippen LogP contribution in [-0.2, 0) is 29.0 Å². The van der Waals surface area contributed by atoms with Crippen molar-refractivity contribution < 1.29 is 32.6 Å². The first kappa shape index (κ1) is 28.4. The fourth-order valence-electron chi connectivity index (χ4n) is 4.47. The highest BCUT2D eigenvalue weighted by atomic mass is 19.1. The summed E-state index contributed by atoms with van der Waals surface area (Å²) >= 11 is 0. The lowest BCUT2D eigenvalue weighted by Crippen LogP contribution is -2.13. The van der Waals surface area contributed by atoms with E-state index in [0.717, 1.165) is 5.56 Å². The molecule has 0 spiro atoms. The summed E-state index contributed by atoms with van der Waals surface area (Å²) in [5.41, 5.74) is 2.38. The van der Waals surface area contributed by atoms with Crippen LogP contribution in [0, 0.1) is 11.6 Å². The third-order valence-corrected chi connectivity index (χ3v) is 6.57. The molecular weight excluding hydrogens is 540 g/mol. The number of benzene rings is 4. The molecule has 0 amide bonds. The number of carbonyl (C=O) groups excluding carboxylic acids is 2. The van der Waals surface area contributed by atoms with Crippen molar-refractivity contribution in [1.29, 1.82) is 0 Å². The summed E-state index contributed by atoms with van der Waals surface area (Å²) < 4.78 is 45.5. The minimum Gasteiger partial charge on any atom is -0.493 e. The molecule has 0 saturated carbocycles. The van der Waals surface area contributed by atoms with Crippen molar-refractivity contribution in [3.05, 3.63) is 126 Å². The fraction of sp³-hybridized carbons (Fsp3) is 0.147. The van der Waals surface area contributed by atoms with E-state index < -0.39 is 17.4 Å². The molecule has 0 radical (unpaired) electrons. The number of pyridine rings is 1. The number of halogens is 2. The predicted octanol–water partition coefficient (Wildman–Crippen LogP) is 7.21. The summed E-state index contributed by atoms with van der Waals surface area (Å²) in [6, 6.07) is 24.7. The van der Waals surface area contributed by atoms with Gasteiger partial charge in [0, 0.05) is 36.6 Å². The van der Waals surface area contributed by atoms with Crippen LogP contribution in [0.15, 0.2) is 97.2 Å². The van der Waals surface area contributed by atoms with Crippen LogP contribution in [0.4, 0.5) is 8.78 Å². The Morgan fingerprint density at radius 3 is 2.26 bits per heavy atom. The number of hydrogen-bond acceptors (Lipinski definition) is 6. The number of aromatic nitrogens is 1. The van der Waals surface area contributed by atoms with Crippen molar-refractivity contribution in [2.24, 2.45) is 0 Å². The van der Waals surface area contributed by atoms with Crippen molar-refractivity contribution in [3.8, 4) is 23.0 Å². The van der Waals surface area contributed by atoms with E-state index in [1.807, 2.05) is 30.3 Å². The first-order valence-corrected chi connectivity index (χ1v) is 13.3. The molecule has 212 valence electrons. The highest BCUT2D eigenvalue weighted by Crippen LogP contribution is 2.37. The molecule has 1 aromatic heterocycles. The van der Waals surface area contributed by atoms with Gasteiger partial charge in [0.1, 0.15) is 41.3 Å². The smallest absolute Gasteiger partial charge is 0.163 e. The molecule has 0 bridgehead atoms. The molecule has 0 atom stereocenters. The Morgan fingerprint density at radius 2 is 1.52 bits per heavy atom. The van der Waals surface area contributed by atoms with Gasteiger partial charge < -0.3 is 14.2 Å². The molecule has 5 aromatic rings. The molecule has 0 aliphatic heterocycles. The van der Waals surface area contributed by atoms with E-state index in [2.05, 4.69) is 4.98 Å².